The van der Waals surface area contributed by atoms with Gasteiger partial charge in [-0.3, -0.25) is 4.90 Å². The van der Waals surface area contributed by atoms with Gasteiger partial charge in [0.25, 0.3) is 0 Å². The summed E-state index contributed by atoms with van der Waals surface area (Å²) in [6, 6.07) is 8.69. The van der Waals surface area contributed by atoms with Crippen molar-refractivity contribution in [3.63, 3.8) is 0 Å². The molecule has 3 nitrogen and oxygen atoms in total. The Hall–Kier alpha value is -0.900. The molecular weight excluding hydrogens is 284 g/mol. The molecule has 0 aromatic heterocycles. The monoisotopic (exact) mass is 318 g/mol. The van der Waals surface area contributed by atoms with Crippen LogP contribution in [0.15, 0.2) is 24.3 Å². The molecule has 130 valence electrons. The Labute approximate surface area is 142 Å². The minimum absolute atomic E-state index is 0.199. The first-order valence-electron chi connectivity index (χ1n) is 8.85. The molecule has 0 bridgehead atoms. The average Bonchev–Trinajstić information content (AvgIpc) is 2.47. The summed E-state index contributed by atoms with van der Waals surface area (Å²) in [5, 5.41) is 0. The van der Waals surface area contributed by atoms with Crippen LogP contribution < -0.4 is 0 Å². The summed E-state index contributed by atoms with van der Waals surface area (Å²) in [5.41, 5.74) is 2.51. The number of hydrogen-bond donors (Lipinski definition) is 0. The average molecular weight is 319 g/mol. The third-order valence-corrected chi connectivity index (χ3v) is 5.28. The smallest absolute Gasteiger partial charge is 0.0875 e. The van der Waals surface area contributed by atoms with Crippen LogP contribution in [0.5, 0.6) is 0 Å². The van der Waals surface area contributed by atoms with Gasteiger partial charge in [0, 0.05) is 38.3 Å². The molecule has 1 aromatic rings. The van der Waals surface area contributed by atoms with Gasteiger partial charge in [-0.15, -0.1) is 0 Å². The molecule has 23 heavy (non-hydrogen) atoms. The van der Waals surface area contributed by atoms with E-state index in [9.17, 15) is 0 Å². The molecule has 1 saturated heterocycles. The third-order valence-electron chi connectivity index (χ3n) is 5.28. The van der Waals surface area contributed by atoms with Gasteiger partial charge in [0.2, 0.25) is 0 Å². The lowest BCUT2D eigenvalue weighted by atomic mass is 9.95. The minimum Gasteiger partial charge on any atom is -0.371 e. The van der Waals surface area contributed by atoms with Gasteiger partial charge in [-0.2, -0.15) is 0 Å². The summed E-state index contributed by atoms with van der Waals surface area (Å²) in [6.07, 6.45) is 1.06. The number of aryl methyl sites for hydroxylation is 1. The minimum atomic E-state index is -0.230. The van der Waals surface area contributed by atoms with Gasteiger partial charge < -0.3 is 9.64 Å². The maximum Gasteiger partial charge on any atom is 0.0875 e. The van der Waals surface area contributed by atoms with Crippen LogP contribution in [0.3, 0.4) is 0 Å². The van der Waals surface area contributed by atoms with E-state index in [-0.39, 0.29) is 11.1 Å². The number of hydrogen-bond acceptors (Lipinski definition) is 3. The van der Waals surface area contributed by atoms with E-state index in [0.29, 0.717) is 0 Å². The first-order chi connectivity index (χ1) is 10.7. The Balaban J connectivity index is 1.86. The van der Waals surface area contributed by atoms with Crippen molar-refractivity contribution in [1.29, 1.82) is 0 Å². The summed E-state index contributed by atoms with van der Waals surface area (Å²) in [7, 11) is 2.21. The zero-order valence-electron chi connectivity index (χ0n) is 15.9. The van der Waals surface area contributed by atoms with Crippen molar-refractivity contribution in [2.45, 2.75) is 52.2 Å². The van der Waals surface area contributed by atoms with Crippen molar-refractivity contribution in [3.05, 3.63) is 35.4 Å². The predicted molar refractivity (Wildman–Crippen MR) is 97.9 cm³/mol. The molecule has 0 radical (unpaired) electrons. The quantitative estimate of drug-likeness (QED) is 0.796. The molecule has 3 heteroatoms. The van der Waals surface area contributed by atoms with Crippen molar-refractivity contribution >= 4 is 0 Å². The lowest BCUT2D eigenvalue weighted by Crippen LogP contribution is -2.54. The molecule has 0 unspecified atom stereocenters. The summed E-state index contributed by atoms with van der Waals surface area (Å²) < 4.78 is 6.27. The Morgan fingerprint density at radius 1 is 0.957 bits per heavy atom. The van der Waals surface area contributed by atoms with E-state index in [0.717, 1.165) is 26.1 Å². The van der Waals surface area contributed by atoms with Gasteiger partial charge in [0.1, 0.15) is 0 Å². The molecule has 1 aromatic carbocycles. The van der Waals surface area contributed by atoms with E-state index < -0.39 is 0 Å². The molecule has 2 rings (SSSR count). The standard InChI is InChI=1S/C20H34N2O/c1-17-7-9-18(10-8-17)20(4,5)23-16-11-19(2,3)22-14-12-21(6)13-15-22/h7-10H,11-16H2,1-6H3. The molecule has 1 aliphatic rings. The largest absolute Gasteiger partial charge is 0.371 e. The Morgan fingerprint density at radius 3 is 2.09 bits per heavy atom. The topological polar surface area (TPSA) is 15.7 Å². The normalized spacial score (nSPS) is 18.3. The van der Waals surface area contributed by atoms with Crippen LogP contribution in [0, 0.1) is 6.92 Å². The van der Waals surface area contributed by atoms with Gasteiger partial charge in [0.05, 0.1) is 5.60 Å². The van der Waals surface area contributed by atoms with E-state index in [1.807, 2.05) is 0 Å². The molecule has 0 spiro atoms. The fourth-order valence-corrected chi connectivity index (χ4v) is 3.16. The predicted octanol–water partition coefficient (Wildman–Crippen LogP) is 3.66. The Bertz CT molecular complexity index is 485. The molecule has 0 atom stereocenters. The van der Waals surface area contributed by atoms with E-state index in [4.69, 9.17) is 4.74 Å². The fourth-order valence-electron chi connectivity index (χ4n) is 3.16. The summed E-state index contributed by atoms with van der Waals surface area (Å²) >= 11 is 0. The summed E-state index contributed by atoms with van der Waals surface area (Å²) in [4.78, 5) is 5.01. The van der Waals surface area contributed by atoms with Crippen molar-refractivity contribution in [3.8, 4) is 0 Å². The van der Waals surface area contributed by atoms with Crippen molar-refractivity contribution in [1.82, 2.24) is 9.80 Å². The maximum atomic E-state index is 6.27. The molecule has 1 aliphatic heterocycles. The Kier molecular flexibility index (Phi) is 5.88. The molecule has 0 aliphatic carbocycles. The second kappa shape index (κ2) is 7.33. The zero-order valence-corrected chi connectivity index (χ0v) is 15.9. The molecule has 0 amide bonds. The zero-order chi connectivity index (χ0) is 17.1. The number of ether oxygens (including phenoxy) is 1. The van der Waals surface area contributed by atoms with Crippen molar-refractivity contribution in [2.24, 2.45) is 0 Å². The fraction of sp³-hybridized carbons (Fsp3) is 0.700. The lowest BCUT2D eigenvalue weighted by molar-refractivity contribution is -0.0441. The van der Waals surface area contributed by atoms with Crippen LogP contribution in [0.25, 0.3) is 0 Å². The molecule has 0 N–H and O–H groups in total. The summed E-state index contributed by atoms with van der Waals surface area (Å²) in [6.45, 7) is 16.6. The van der Waals surface area contributed by atoms with E-state index >= 15 is 0 Å². The first-order valence-corrected chi connectivity index (χ1v) is 8.85. The van der Waals surface area contributed by atoms with Crippen molar-refractivity contribution < 1.29 is 4.74 Å². The van der Waals surface area contributed by atoms with Gasteiger partial charge in [-0.05, 0) is 53.7 Å². The highest BCUT2D eigenvalue weighted by Gasteiger charge is 2.30. The van der Waals surface area contributed by atoms with E-state index in [1.54, 1.807) is 0 Å². The van der Waals surface area contributed by atoms with Crippen LogP contribution in [0.2, 0.25) is 0 Å². The lowest BCUT2D eigenvalue weighted by Gasteiger charge is -2.43. The summed E-state index contributed by atoms with van der Waals surface area (Å²) in [5.74, 6) is 0. The first kappa shape index (κ1) is 18.4. The SMILES string of the molecule is Cc1ccc(C(C)(C)OCCC(C)(C)N2CCN(C)CC2)cc1. The van der Waals surface area contributed by atoms with Crippen LogP contribution in [-0.4, -0.2) is 55.2 Å². The maximum absolute atomic E-state index is 6.27. The van der Waals surface area contributed by atoms with Crippen LogP contribution in [0.4, 0.5) is 0 Å². The molecule has 0 saturated carbocycles. The highest BCUT2D eigenvalue weighted by atomic mass is 16.5. The number of benzene rings is 1. The van der Waals surface area contributed by atoms with E-state index in [2.05, 4.69) is 75.7 Å². The highest BCUT2D eigenvalue weighted by Crippen LogP contribution is 2.27. The molecular formula is C20H34N2O. The number of piperazine rings is 1. The van der Waals surface area contributed by atoms with Crippen LogP contribution in [0.1, 0.15) is 45.2 Å². The van der Waals surface area contributed by atoms with Crippen LogP contribution in [-0.2, 0) is 10.3 Å². The second-order valence-electron chi connectivity index (χ2n) is 8.08. The number of likely N-dealkylation sites (N-methyl/N-ethyl adjacent to an activating group) is 1. The third kappa shape index (κ3) is 5.03. The van der Waals surface area contributed by atoms with Gasteiger partial charge >= 0.3 is 0 Å². The van der Waals surface area contributed by atoms with Gasteiger partial charge in [0.15, 0.2) is 0 Å². The molecule has 1 fully saturated rings. The number of rotatable bonds is 6. The van der Waals surface area contributed by atoms with Gasteiger partial charge in [-0.25, -0.2) is 0 Å². The molecule has 1 heterocycles. The van der Waals surface area contributed by atoms with Crippen molar-refractivity contribution in [2.75, 3.05) is 39.8 Å². The van der Waals surface area contributed by atoms with Gasteiger partial charge in [-0.1, -0.05) is 29.8 Å². The Morgan fingerprint density at radius 2 is 1.52 bits per heavy atom. The van der Waals surface area contributed by atoms with E-state index in [1.165, 1.54) is 24.2 Å². The second-order valence-corrected chi connectivity index (χ2v) is 8.08. The number of nitrogens with zero attached hydrogens (tertiary/aromatic N) is 2. The van der Waals surface area contributed by atoms with Crippen LogP contribution >= 0.6 is 0 Å². The highest BCUT2D eigenvalue weighted by molar-refractivity contribution is 5.25.